The van der Waals surface area contributed by atoms with E-state index in [2.05, 4.69) is 6.08 Å². The fourth-order valence-electron chi connectivity index (χ4n) is 6.59. The van der Waals surface area contributed by atoms with Crippen LogP contribution in [0.1, 0.15) is 50.5 Å². The molecule has 5 rings (SSSR count). The molecular formula is C31H42N4O5. The molecule has 0 spiro atoms. The van der Waals surface area contributed by atoms with Crippen molar-refractivity contribution >= 4 is 24.1 Å². The number of amides is 4. The first-order valence-corrected chi connectivity index (χ1v) is 14.9. The van der Waals surface area contributed by atoms with Gasteiger partial charge in [0.2, 0.25) is 24.1 Å². The fraction of sp³-hybridized carbons (Fsp3) is 0.613. The second kappa shape index (κ2) is 13.3. The molecule has 4 aliphatic rings. The van der Waals surface area contributed by atoms with Crippen molar-refractivity contribution < 1.29 is 23.9 Å². The topological polar surface area (TPSA) is 90.5 Å². The lowest BCUT2D eigenvalue weighted by Crippen LogP contribution is -2.51. The van der Waals surface area contributed by atoms with E-state index in [0.717, 1.165) is 49.8 Å². The summed E-state index contributed by atoms with van der Waals surface area (Å²) in [4.78, 5) is 58.7. The summed E-state index contributed by atoms with van der Waals surface area (Å²) in [6.07, 6.45) is 11.2. The van der Waals surface area contributed by atoms with Crippen LogP contribution in [0.25, 0.3) is 0 Å². The molecule has 1 saturated carbocycles. The van der Waals surface area contributed by atoms with Gasteiger partial charge in [-0.1, -0.05) is 49.6 Å². The lowest BCUT2D eigenvalue weighted by atomic mass is 9.82. The van der Waals surface area contributed by atoms with E-state index in [-0.39, 0.29) is 42.0 Å². The first kappa shape index (κ1) is 28.2. The number of benzene rings is 1. The number of hydrogen-bond acceptors (Lipinski definition) is 5. The average molecular weight is 551 g/mol. The molecule has 1 aliphatic carbocycles. The zero-order valence-electron chi connectivity index (χ0n) is 23.4. The molecule has 3 fully saturated rings. The summed E-state index contributed by atoms with van der Waals surface area (Å²) < 4.78 is 6.14. The Labute approximate surface area is 237 Å². The van der Waals surface area contributed by atoms with E-state index >= 15 is 0 Å². The Kier molecular flexibility index (Phi) is 9.39. The predicted molar refractivity (Wildman–Crippen MR) is 150 cm³/mol. The van der Waals surface area contributed by atoms with E-state index in [9.17, 15) is 19.2 Å². The van der Waals surface area contributed by atoms with Crippen LogP contribution in [0.4, 0.5) is 0 Å². The number of carbonyl (C=O) groups is 4. The van der Waals surface area contributed by atoms with Gasteiger partial charge in [0.05, 0.1) is 0 Å². The van der Waals surface area contributed by atoms with Crippen LogP contribution < -0.4 is 4.74 Å². The molecule has 4 amide bonds. The fourth-order valence-corrected chi connectivity index (χ4v) is 6.59. The molecule has 2 atom stereocenters. The standard InChI is InChI=1S/C31H42N4O5/c36-23-32-14-16-33(17-15-32)29(37)19-25-12-13-34-20-26(25)10-6-18-40-28-11-5-4-9-27(28)21-35(22-30(34)38)31(39)24-7-2-1-3-8-24/h4-6,9-11,23-26H,1-3,7-8,12-22H2/b10-6-/t25-,26-/m0/s1. The van der Waals surface area contributed by atoms with Gasteiger partial charge in [0.25, 0.3) is 0 Å². The Balaban J connectivity index is 1.32. The smallest absolute Gasteiger partial charge is 0.242 e. The van der Waals surface area contributed by atoms with Crippen LogP contribution in [0.2, 0.25) is 0 Å². The van der Waals surface area contributed by atoms with Crippen molar-refractivity contribution in [3.63, 3.8) is 0 Å². The summed E-state index contributed by atoms with van der Waals surface area (Å²) >= 11 is 0. The minimum Gasteiger partial charge on any atom is -0.489 e. The zero-order chi connectivity index (χ0) is 27.9. The monoisotopic (exact) mass is 550 g/mol. The Morgan fingerprint density at radius 3 is 2.48 bits per heavy atom. The maximum absolute atomic E-state index is 13.7. The van der Waals surface area contributed by atoms with Crippen molar-refractivity contribution in [3.05, 3.63) is 42.0 Å². The predicted octanol–water partition coefficient (Wildman–Crippen LogP) is 2.70. The van der Waals surface area contributed by atoms with Gasteiger partial charge < -0.3 is 24.3 Å². The SMILES string of the molecule is O=CN1CCN(C(=O)C[C@@H]2CCN3C[C@@H]2/C=C\COc2ccccc2CN(C(=O)C2CCCCC2)CC3=O)CC1. The first-order valence-electron chi connectivity index (χ1n) is 14.9. The summed E-state index contributed by atoms with van der Waals surface area (Å²) in [5, 5.41) is 0. The highest BCUT2D eigenvalue weighted by atomic mass is 16.5. The summed E-state index contributed by atoms with van der Waals surface area (Å²) in [5.41, 5.74) is 0.906. The molecule has 3 aliphatic heterocycles. The van der Waals surface area contributed by atoms with E-state index in [0.29, 0.717) is 58.8 Å². The first-order chi connectivity index (χ1) is 19.5. The Hall–Kier alpha value is -3.36. The third kappa shape index (κ3) is 6.85. The van der Waals surface area contributed by atoms with E-state index in [1.165, 1.54) is 6.42 Å². The van der Waals surface area contributed by atoms with Crippen molar-refractivity contribution in [3.8, 4) is 5.75 Å². The number of fused-ring (bicyclic) bond motifs is 3. The number of nitrogens with zero attached hydrogens (tertiary/aromatic N) is 4. The van der Waals surface area contributed by atoms with Gasteiger partial charge in [-0.3, -0.25) is 19.2 Å². The number of ether oxygens (including phenoxy) is 1. The molecule has 0 aromatic heterocycles. The third-order valence-electron chi connectivity index (χ3n) is 9.06. The average Bonchev–Trinajstić information content (AvgIpc) is 3.00. The Morgan fingerprint density at radius 2 is 1.70 bits per heavy atom. The van der Waals surface area contributed by atoms with Gasteiger partial charge in [0.15, 0.2) is 0 Å². The lowest BCUT2D eigenvalue weighted by molar-refractivity contribution is -0.145. The van der Waals surface area contributed by atoms with Gasteiger partial charge in [0.1, 0.15) is 18.9 Å². The van der Waals surface area contributed by atoms with E-state index in [1.54, 1.807) is 9.80 Å². The van der Waals surface area contributed by atoms with Crippen LogP contribution in [0, 0.1) is 17.8 Å². The number of para-hydroxylation sites is 1. The van der Waals surface area contributed by atoms with Crippen molar-refractivity contribution in [2.45, 2.75) is 51.5 Å². The van der Waals surface area contributed by atoms with Crippen LogP contribution in [0.5, 0.6) is 5.75 Å². The molecule has 0 unspecified atom stereocenters. The van der Waals surface area contributed by atoms with Crippen LogP contribution in [-0.2, 0) is 25.7 Å². The van der Waals surface area contributed by atoms with Gasteiger partial charge in [-0.25, -0.2) is 0 Å². The van der Waals surface area contributed by atoms with Crippen LogP contribution >= 0.6 is 0 Å². The van der Waals surface area contributed by atoms with E-state index in [4.69, 9.17) is 4.74 Å². The molecule has 1 aromatic rings. The molecule has 40 heavy (non-hydrogen) atoms. The molecule has 1 aromatic carbocycles. The minimum atomic E-state index is -0.0324. The van der Waals surface area contributed by atoms with Crippen molar-refractivity contribution in [2.75, 3.05) is 52.4 Å². The molecule has 2 bridgehead atoms. The zero-order valence-corrected chi connectivity index (χ0v) is 23.4. The van der Waals surface area contributed by atoms with Crippen LogP contribution in [0.3, 0.4) is 0 Å². The van der Waals surface area contributed by atoms with Crippen LogP contribution in [-0.4, -0.2) is 96.2 Å². The minimum absolute atomic E-state index is 0.0233. The summed E-state index contributed by atoms with van der Waals surface area (Å²) in [6.45, 7) is 4.18. The summed E-state index contributed by atoms with van der Waals surface area (Å²) in [5.74, 6) is 1.00. The van der Waals surface area contributed by atoms with Crippen molar-refractivity contribution in [1.82, 2.24) is 19.6 Å². The number of hydrogen-bond donors (Lipinski definition) is 0. The third-order valence-corrected chi connectivity index (χ3v) is 9.06. The molecular weight excluding hydrogens is 508 g/mol. The van der Waals surface area contributed by atoms with Gasteiger partial charge in [-0.2, -0.15) is 0 Å². The second-order valence-electron chi connectivity index (χ2n) is 11.7. The van der Waals surface area contributed by atoms with Gasteiger partial charge >= 0.3 is 0 Å². The maximum atomic E-state index is 13.7. The largest absolute Gasteiger partial charge is 0.489 e. The molecule has 9 nitrogen and oxygen atoms in total. The number of carbonyl (C=O) groups excluding carboxylic acids is 4. The van der Waals surface area contributed by atoms with Gasteiger partial charge in [-0.15, -0.1) is 0 Å². The highest BCUT2D eigenvalue weighted by Crippen LogP contribution is 2.31. The maximum Gasteiger partial charge on any atom is 0.242 e. The van der Waals surface area contributed by atoms with E-state index < -0.39 is 0 Å². The molecule has 2 saturated heterocycles. The second-order valence-corrected chi connectivity index (χ2v) is 11.7. The number of piperidine rings is 1. The normalized spacial score (nSPS) is 25.6. The summed E-state index contributed by atoms with van der Waals surface area (Å²) in [7, 11) is 0. The number of rotatable bonds is 4. The molecule has 0 N–H and O–H groups in total. The molecule has 216 valence electrons. The molecule has 0 radical (unpaired) electrons. The summed E-state index contributed by atoms with van der Waals surface area (Å²) in [6, 6.07) is 7.76. The quantitative estimate of drug-likeness (QED) is 0.425. The Bertz CT molecular complexity index is 1090. The van der Waals surface area contributed by atoms with Gasteiger partial charge in [-0.05, 0) is 37.2 Å². The van der Waals surface area contributed by atoms with Crippen molar-refractivity contribution in [1.29, 1.82) is 0 Å². The highest BCUT2D eigenvalue weighted by molar-refractivity contribution is 5.86. The molecule has 3 heterocycles. The van der Waals surface area contributed by atoms with E-state index in [1.807, 2.05) is 40.1 Å². The Morgan fingerprint density at radius 1 is 0.925 bits per heavy atom. The van der Waals surface area contributed by atoms with Gasteiger partial charge in [0, 0.05) is 63.7 Å². The van der Waals surface area contributed by atoms with Crippen LogP contribution in [0.15, 0.2) is 36.4 Å². The number of piperazine rings is 1. The molecule has 9 heteroatoms. The lowest BCUT2D eigenvalue weighted by Gasteiger charge is -2.39. The van der Waals surface area contributed by atoms with Crippen molar-refractivity contribution in [2.24, 2.45) is 17.8 Å². The highest BCUT2D eigenvalue weighted by Gasteiger charge is 2.35.